The summed E-state index contributed by atoms with van der Waals surface area (Å²) in [5, 5.41) is 20.5. The summed E-state index contributed by atoms with van der Waals surface area (Å²) < 4.78 is 13.1. The second-order valence-electron chi connectivity index (χ2n) is 4.98. The molecule has 0 unspecified atom stereocenters. The van der Waals surface area contributed by atoms with Gasteiger partial charge in [0.1, 0.15) is 11.9 Å². The van der Waals surface area contributed by atoms with Gasteiger partial charge < -0.3 is 5.32 Å². The van der Waals surface area contributed by atoms with Gasteiger partial charge in [-0.25, -0.2) is 4.39 Å². The molecule has 1 aromatic rings. The Hall–Kier alpha value is -2.07. The predicted molar refractivity (Wildman–Crippen MR) is 68.2 cm³/mol. The monoisotopic (exact) mass is 245 g/mol. The smallest absolute Gasteiger partial charge is 0.141 e. The van der Waals surface area contributed by atoms with Crippen LogP contribution in [0.5, 0.6) is 0 Å². The van der Waals surface area contributed by atoms with E-state index in [0.717, 1.165) is 12.1 Å². The number of anilines is 1. The summed E-state index contributed by atoms with van der Waals surface area (Å²) in [6, 6.07) is 8.32. The van der Waals surface area contributed by atoms with Gasteiger partial charge in [-0.15, -0.1) is 0 Å². The number of halogens is 1. The van der Waals surface area contributed by atoms with Gasteiger partial charge in [-0.3, -0.25) is 0 Å². The van der Waals surface area contributed by atoms with Crippen LogP contribution in [0.25, 0.3) is 0 Å². The topological polar surface area (TPSA) is 59.6 Å². The standard InChI is InChI=1S/C14H16FN3/c1-14(2,6-3-7-16)10-18-12-4-5-13(15)11(8-12)9-17/h4-5,8,18H,3,6,10H2,1-2H3. The van der Waals surface area contributed by atoms with Gasteiger partial charge in [0.2, 0.25) is 0 Å². The first-order valence-electron chi connectivity index (χ1n) is 5.79. The summed E-state index contributed by atoms with van der Waals surface area (Å²) in [4.78, 5) is 0. The first kappa shape index (κ1) is 14.0. The van der Waals surface area contributed by atoms with Crippen LogP contribution in [-0.4, -0.2) is 6.54 Å². The molecule has 0 atom stereocenters. The average molecular weight is 245 g/mol. The molecule has 0 radical (unpaired) electrons. The zero-order valence-corrected chi connectivity index (χ0v) is 10.6. The van der Waals surface area contributed by atoms with Gasteiger partial charge in [-0.2, -0.15) is 10.5 Å². The Labute approximate surface area is 107 Å². The van der Waals surface area contributed by atoms with E-state index < -0.39 is 5.82 Å². The van der Waals surface area contributed by atoms with Crippen LogP contribution in [0.15, 0.2) is 18.2 Å². The van der Waals surface area contributed by atoms with Crippen LogP contribution in [0.1, 0.15) is 32.3 Å². The third-order valence-electron chi connectivity index (χ3n) is 2.77. The van der Waals surface area contributed by atoms with Crippen molar-refractivity contribution < 1.29 is 4.39 Å². The Bertz CT molecular complexity index is 495. The lowest BCUT2D eigenvalue weighted by Gasteiger charge is -2.24. The molecule has 0 saturated heterocycles. The van der Waals surface area contributed by atoms with Crippen molar-refractivity contribution in [3.8, 4) is 12.1 Å². The van der Waals surface area contributed by atoms with E-state index in [4.69, 9.17) is 10.5 Å². The normalized spacial score (nSPS) is 10.5. The molecule has 0 aliphatic heterocycles. The van der Waals surface area contributed by atoms with Crippen molar-refractivity contribution in [3.05, 3.63) is 29.6 Å². The molecule has 4 heteroatoms. The van der Waals surface area contributed by atoms with Crippen molar-refractivity contribution in [3.63, 3.8) is 0 Å². The van der Waals surface area contributed by atoms with Crippen LogP contribution >= 0.6 is 0 Å². The maximum Gasteiger partial charge on any atom is 0.141 e. The highest BCUT2D eigenvalue weighted by atomic mass is 19.1. The second-order valence-corrected chi connectivity index (χ2v) is 4.98. The summed E-state index contributed by atoms with van der Waals surface area (Å²) in [6.45, 7) is 4.79. The number of nitriles is 2. The lowest BCUT2D eigenvalue weighted by molar-refractivity contribution is 0.364. The van der Waals surface area contributed by atoms with E-state index in [0.29, 0.717) is 13.0 Å². The van der Waals surface area contributed by atoms with Crippen LogP contribution < -0.4 is 5.32 Å². The fourth-order valence-electron chi connectivity index (χ4n) is 1.54. The molecule has 0 aliphatic rings. The molecular formula is C14H16FN3. The van der Waals surface area contributed by atoms with Gasteiger partial charge in [-0.05, 0) is 30.0 Å². The van der Waals surface area contributed by atoms with Crippen LogP contribution in [0.3, 0.4) is 0 Å². The minimum absolute atomic E-state index is 0.0169. The maximum atomic E-state index is 13.1. The molecule has 1 N–H and O–H groups in total. The quantitative estimate of drug-likeness (QED) is 0.864. The van der Waals surface area contributed by atoms with Gasteiger partial charge in [0.15, 0.2) is 0 Å². The van der Waals surface area contributed by atoms with Crippen molar-refractivity contribution >= 4 is 5.69 Å². The van der Waals surface area contributed by atoms with Gasteiger partial charge in [0.05, 0.1) is 11.6 Å². The molecule has 0 heterocycles. The van der Waals surface area contributed by atoms with Gasteiger partial charge in [0.25, 0.3) is 0 Å². The first-order valence-corrected chi connectivity index (χ1v) is 5.79. The number of nitrogens with zero attached hydrogens (tertiary/aromatic N) is 2. The third-order valence-corrected chi connectivity index (χ3v) is 2.77. The zero-order chi connectivity index (χ0) is 13.6. The Morgan fingerprint density at radius 3 is 2.67 bits per heavy atom. The molecule has 0 fully saturated rings. The Morgan fingerprint density at radius 2 is 2.06 bits per heavy atom. The number of hydrogen-bond donors (Lipinski definition) is 1. The lowest BCUT2D eigenvalue weighted by Crippen LogP contribution is -2.22. The largest absolute Gasteiger partial charge is 0.384 e. The highest BCUT2D eigenvalue weighted by Gasteiger charge is 2.17. The molecule has 0 aliphatic carbocycles. The van der Waals surface area contributed by atoms with Crippen molar-refractivity contribution in [1.29, 1.82) is 10.5 Å². The van der Waals surface area contributed by atoms with E-state index in [1.807, 2.05) is 6.07 Å². The maximum absolute atomic E-state index is 13.1. The summed E-state index contributed by atoms with van der Waals surface area (Å²) in [6.07, 6.45) is 1.31. The summed E-state index contributed by atoms with van der Waals surface area (Å²) in [5.74, 6) is -0.508. The predicted octanol–water partition coefficient (Wildman–Crippen LogP) is 3.44. The first-order chi connectivity index (χ1) is 8.48. The highest BCUT2D eigenvalue weighted by Crippen LogP contribution is 2.23. The molecule has 0 saturated carbocycles. The van der Waals surface area contributed by atoms with Crippen molar-refractivity contribution in [2.24, 2.45) is 5.41 Å². The van der Waals surface area contributed by atoms with E-state index in [1.165, 1.54) is 12.1 Å². The summed E-state index contributed by atoms with van der Waals surface area (Å²) in [5.41, 5.74) is 0.740. The zero-order valence-electron chi connectivity index (χ0n) is 10.6. The molecule has 1 rings (SSSR count). The molecular weight excluding hydrogens is 229 g/mol. The summed E-state index contributed by atoms with van der Waals surface area (Å²) in [7, 11) is 0. The molecule has 0 bridgehead atoms. The van der Waals surface area contributed by atoms with Crippen molar-refractivity contribution in [2.75, 3.05) is 11.9 Å². The molecule has 1 aromatic carbocycles. The Balaban J connectivity index is 2.64. The minimum Gasteiger partial charge on any atom is -0.384 e. The van der Waals surface area contributed by atoms with Crippen LogP contribution in [0.2, 0.25) is 0 Å². The van der Waals surface area contributed by atoms with Gasteiger partial charge in [-0.1, -0.05) is 13.8 Å². The van der Waals surface area contributed by atoms with E-state index in [2.05, 4.69) is 25.2 Å². The average Bonchev–Trinajstić information content (AvgIpc) is 2.35. The van der Waals surface area contributed by atoms with E-state index in [9.17, 15) is 4.39 Å². The van der Waals surface area contributed by atoms with E-state index >= 15 is 0 Å². The van der Waals surface area contributed by atoms with Crippen molar-refractivity contribution in [1.82, 2.24) is 0 Å². The Morgan fingerprint density at radius 1 is 1.33 bits per heavy atom. The molecule has 0 amide bonds. The second kappa shape index (κ2) is 6.02. The fourth-order valence-corrected chi connectivity index (χ4v) is 1.54. The van der Waals surface area contributed by atoms with Crippen molar-refractivity contribution in [2.45, 2.75) is 26.7 Å². The van der Waals surface area contributed by atoms with Crippen LogP contribution in [0.4, 0.5) is 10.1 Å². The minimum atomic E-state index is -0.508. The molecule has 18 heavy (non-hydrogen) atoms. The SMILES string of the molecule is CC(C)(CCC#N)CNc1ccc(F)c(C#N)c1. The Kier molecular flexibility index (Phi) is 4.68. The highest BCUT2D eigenvalue weighted by molar-refractivity contribution is 5.49. The molecule has 3 nitrogen and oxygen atoms in total. The molecule has 0 aromatic heterocycles. The van der Waals surface area contributed by atoms with E-state index in [-0.39, 0.29) is 11.0 Å². The number of benzene rings is 1. The van der Waals surface area contributed by atoms with Gasteiger partial charge >= 0.3 is 0 Å². The number of rotatable bonds is 5. The molecule has 0 spiro atoms. The number of nitrogens with one attached hydrogen (secondary N) is 1. The van der Waals surface area contributed by atoms with Crippen LogP contribution in [0, 0.1) is 33.9 Å². The van der Waals surface area contributed by atoms with Crippen LogP contribution in [-0.2, 0) is 0 Å². The van der Waals surface area contributed by atoms with E-state index in [1.54, 1.807) is 6.07 Å². The molecule has 94 valence electrons. The lowest BCUT2D eigenvalue weighted by atomic mass is 9.88. The number of hydrogen-bond acceptors (Lipinski definition) is 3. The van der Waals surface area contributed by atoms with Gasteiger partial charge in [0, 0.05) is 18.7 Å². The third kappa shape index (κ3) is 4.07. The summed E-state index contributed by atoms with van der Waals surface area (Å²) >= 11 is 0. The fraction of sp³-hybridized carbons (Fsp3) is 0.429.